The minimum atomic E-state index is -5.19. The Kier molecular flexibility index (Phi) is 4.94. The van der Waals surface area contributed by atoms with E-state index in [-0.39, 0.29) is 0 Å². The number of alkyl halides is 3. The molecule has 0 aromatic heterocycles. The molecule has 1 aromatic rings. The van der Waals surface area contributed by atoms with E-state index in [1.165, 1.54) is 13.8 Å². The number of aliphatic carboxylic acids is 1. The van der Waals surface area contributed by atoms with E-state index in [4.69, 9.17) is 0 Å². The van der Waals surface area contributed by atoms with Crippen LogP contribution in [0, 0.1) is 0 Å². The van der Waals surface area contributed by atoms with E-state index in [1.807, 2.05) is 0 Å². The normalized spacial score (nSPS) is 16.8. The SMILES string of the molecule is C=C(C)[C@@](C)(c1ccccc1)[C@](C)(NC(=O)C(F)(F)F)C(=O)O. The molecule has 1 rings (SSSR count). The molecule has 0 spiro atoms. The Balaban J connectivity index is 3.53. The number of nitrogens with one attached hydrogen (secondary N) is 1. The Hall–Kier alpha value is -2.31. The highest BCUT2D eigenvalue weighted by molar-refractivity contribution is 5.91. The van der Waals surface area contributed by atoms with E-state index in [0.29, 0.717) is 11.1 Å². The summed E-state index contributed by atoms with van der Waals surface area (Å²) in [5.41, 5.74) is -2.97. The lowest BCUT2D eigenvalue weighted by atomic mass is 9.63. The van der Waals surface area contributed by atoms with Gasteiger partial charge in [0.1, 0.15) is 5.54 Å². The molecule has 0 unspecified atom stereocenters. The van der Waals surface area contributed by atoms with Gasteiger partial charge in [0, 0.05) is 5.41 Å². The van der Waals surface area contributed by atoms with Gasteiger partial charge in [-0.15, -0.1) is 0 Å². The summed E-state index contributed by atoms with van der Waals surface area (Å²) in [5, 5.41) is 11.2. The van der Waals surface area contributed by atoms with Crippen molar-refractivity contribution in [2.24, 2.45) is 0 Å². The first-order valence-electron chi connectivity index (χ1n) is 6.71. The Labute approximate surface area is 132 Å². The van der Waals surface area contributed by atoms with Crippen molar-refractivity contribution in [2.75, 3.05) is 0 Å². The number of benzene rings is 1. The molecule has 23 heavy (non-hydrogen) atoms. The minimum Gasteiger partial charge on any atom is -0.479 e. The molecule has 0 saturated heterocycles. The lowest BCUT2D eigenvalue weighted by Crippen LogP contribution is -2.66. The second-order valence-corrected chi connectivity index (χ2v) is 5.65. The van der Waals surface area contributed by atoms with Crippen LogP contribution in [0.3, 0.4) is 0 Å². The summed E-state index contributed by atoms with van der Waals surface area (Å²) in [6, 6.07) is 8.11. The largest absolute Gasteiger partial charge is 0.479 e. The van der Waals surface area contributed by atoms with E-state index in [9.17, 15) is 27.9 Å². The Morgan fingerprint density at radius 3 is 1.96 bits per heavy atom. The van der Waals surface area contributed by atoms with Gasteiger partial charge in [-0.2, -0.15) is 13.2 Å². The predicted octanol–water partition coefficient (Wildman–Crippen LogP) is 3.04. The molecule has 0 saturated carbocycles. The molecule has 0 aliphatic heterocycles. The summed E-state index contributed by atoms with van der Waals surface area (Å²) in [6.45, 7) is 7.72. The van der Waals surface area contributed by atoms with Crippen molar-refractivity contribution in [1.29, 1.82) is 0 Å². The maximum absolute atomic E-state index is 12.6. The topological polar surface area (TPSA) is 66.4 Å². The number of hydrogen-bond donors (Lipinski definition) is 2. The van der Waals surface area contributed by atoms with E-state index >= 15 is 0 Å². The Morgan fingerprint density at radius 1 is 1.13 bits per heavy atom. The summed E-state index contributed by atoms with van der Waals surface area (Å²) >= 11 is 0. The van der Waals surface area contributed by atoms with Crippen LogP contribution in [0.4, 0.5) is 13.2 Å². The third-order valence-corrected chi connectivity index (χ3v) is 4.25. The first-order valence-corrected chi connectivity index (χ1v) is 6.71. The van der Waals surface area contributed by atoms with Gasteiger partial charge >= 0.3 is 18.1 Å². The summed E-state index contributed by atoms with van der Waals surface area (Å²) < 4.78 is 37.8. The second kappa shape index (κ2) is 6.06. The average molecular weight is 329 g/mol. The number of carboxylic acids is 1. The van der Waals surface area contributed by atoms with Gasteiger partial charge in [0.15, 0.2) is 0 Å². The van der Waals surface area contributed by atoms with Crippen molar-refractivity contribution in [3.63, 3.8) is 0 Å². The highest BCUT2D eigenvalue weighted by Crippen LogP contribution is 2.41. The monoisotopic (exact) mass is 329 g/mol. The molecular weight excluding hydrogens is 311 g/mol. The van der Waals surface area contributed by atoms with Crippen LogP contribution in [0.15, 0.2) is 42.5 Å². The van der Waals surface area contributed by atoms with E-state index in [2.05, 4.69) is 6.58 Å². The zero-order chi connectivity index (χ0) is 18.1. The zero-order valence-electron chi connectivity index (χ0n) is 13.0. The van der Waals surface area contributed by atoms with Crippen molar-refractivity contribution in [3.8, 4) is 0 Å². The maximum atomic E-state index is 12.6. The Bertz CT molecular complexity index is 627. The van der Waals surface area contributed by atoms with E-state index in [0.717, 1.165) is 6.92 Å². The van der Waals surface area contributed by atoms with Crippen LogP contribution in [0.5, 0.6) is 0 Å². The van der Waals surface area contributed by atoms with Crippen molar-refractivity contribution in [3.05, 3.63) is 48.0 Å². The smallest absolute Gasteiger partial charge is 0.471 e. The number of rotatable bonds is 5. The number of carbonyl (C=O) groups excluding carboxylic acids is 1. The summed E-state index contributed by atoms with van der Waals surface area (Å²) in [6.07, 6.45) is -5.19. The van der Waals surface area contributed by atoms with Crippen LogP contribution in [-0.2, 0) is 15.0 Å². The van der Waals surface area contributed by atoms with Gasteiger partial charge in [0.25, 0.3) is 0 Å². The van der Waals surface area contributed by atoms with Gasteiger partial charge in [0.05, 0.1) is 0 Å². The van der Waals surface area contributed by atoms with Crippen LogP contribution in [-0.4, -0.2) is 28.7 Å². The number of hydrogen-bond acceptors (Lipinski definition) is 2. The van der Waals surface area contributed by atoms with E-state index in [1.54, 1.807) is 35.6 Å². The van der Waals surface area contributed by atoms with Gasteiger partial charge in [-0.3, -0.25) is 4.79 Å². The van der Waals surface area contributed by atoms with Gasteiger partial charge in [-0.1, -0.05) is 42.5 Å². The third kappa shape index (κ3) is 3.23. The van der Waals surface area contributed by atoms with Gasteiger partial charge in [-0.25, -0.2) is 4.79 Å². The lowest BCUT2D eigenvalue weighted by Gasteiger charge is -2.45. The molecular formula is C16H18F3NO3. The zero-order valence-corrected chi connectivity index (χ0v) is 13.0. The second-order valence-electron chi connectivity index (χ2n) is 5.65. The minimum absolute atomic E-state index is 0.302. The predicted molar refractivity (Wildman–Crippen MR) is 78.8 cm³/mol. The van der Waals surface area contributed by atoms with Gasteiger partial charge < -0.3 is 10.4 Å². The fourth-order valence-electron chi connectivity index (χ4n) is 2.42. The summed E-state index contributed by atoms with van der Waals surface area (Å²) in [7, 11) is 0. The highest BCUT2D eigenvalue weighted by Gasteiger charge is 2.56. The van der Waals surface area contributed by atoms with Crippen LogP contribution in [0.1, 0.15) is 26.3 Å². The molecule has 0 aliphatic rings. The molecule has 2 N–H and O–H groups in total. The van der Waals surface area contributed by atoms with Crippen LogP contribution >= 0.6 is 0 Å². The van der Waals surface area contributed by atoms with Crippen LogP contribution in [0.25, 0.3) is 0 Å². The quantitative estimate of drug-likeness (QED) is 0.816. The first-order chi connectivity index (χ1) is 10.4. The summed E-state index contributed by atoms with van der Waals surface area (Å²) in [4.78, 5) is 23.1. The fraction of sp³-hybridized carbons (Fsp3) is 0.375. The van der Waals surface area contributed by atoms with E-state index < -0.39 is 29.0 Å². The molecule has 0 aliphatic carbocycles. The standard InChI is InChI=1S/C16H18F3NO3/c1-10(2)14(3,11-8-6-5-7-9-11)15(4,13(22)23)20-12(21)16(17,18)19/h5-9H,1H2,2-4H3,(H,20,21)(H,22,23)/t14-,15+/m0/s1. The molecule has 0 heterocycles. The first kappa shape index (κ1) is 18.7. The van der Waals surface area contributed by atoms with Gasteiger partial charge in [0.2, 0.25) is 0 Å². The molecule has 0 radical (unpaired) electrons. The van der Waals surface area contributed by atoms with Crippen molar-refractivity contribution in [1.82, 2.24) is 5.32 Å². The molecule has 0 fully saturated rings. The summed E-state index contributed by atoms with van der Waals surface area (Å²) in [5.74, 6) is -3.91. The third-order valence-electron chi connectivity index (χ3n) is 4.25. The molecule has 1 aromatic carbocycles. The molecule has 126 valence electrons. The lowest BCUT2D eigenvalue weighted by molar-refractivity contribution is -0.178. The molecule has 2 atom stereocenters. The maximum Gasteiger partial charge on any atom is 0.471 e. The Morgan fingerprint density at radius 2 is 1.61 bits per heavy atom. The molecule has 0 bridgehead atoms. The average Bonchev–Trinajstić information content (AvgIpc) is 2.45. The van der Waals surface area contributed by atoms with Crippen molar-refractivity contribution >= 4 is 11.9 Å². The molecule has 1 amide bonds. The van der Waals surface area contributed by atoms with Gasteiger partial charge in [-0.05, 0) is 26.3 Å². The fourth-order valence-corrected chi connectivity index (χ4v) is 2.42. The highest BCUT2D eigenvalue weighted by atomic mass is 19.4. The number of carbonyl (C=O) groups is 2. The number of halogens is 3. The number of amides is 1. The molecule has 4 nitrogen and oxygen atoms in total. The van der Waals surface area contributed by atoms with Crippen LogP contribution in [0.2, 0.25) is 0 Å². The van der Waals surface area contributed by atoms with Crippen LogP contribution < -0.4 is 5.32 Å². The molecule has 7 heteroatoms. The number of carboxylic acid groups (broad SMARTS) is 1. The van der Waals surface area contributed by atoms with Crippen molar-refractivity contribution < 1.29 is 27.9 Å². The van der Waals surface area contributed by atoms with Crippen molar-refractivity contribution in [2.45, 2.75) is 37.9 Å².